The molecule has 0 bridgehead atoms. The van der Waals surface area contributed by atoms with E-state index in [9.17, 15) is 24.1 Å². The zero-order valence-corrected chi connectivity index (χ0v) is 10.7. The van der Waals surface area contributed by atoms with Crippen LogP contribution < -0.4 is 5.56 Å². The Morgan fingerprint density at radius 2 is 2.33 bits per heavy atom. The van der Waals surface area contributed by atoms with Gasteiger partial charge in [-0.3, -0.25) is 19.5 Å². The van der Waals surface area contributed by atoms with Gasteiger partial charge in [-0.15, -0.1) is 0 Å². The van der Waals surface area contributed by atoms with Crippen LogP contribution in [0.1, 0.15) is 13.2 Å². The first-order valence-electron chi connectivity index (χ1n) is 4.75. The number of nitro groups is 1. The molecule has 1 aromatic rings. The van der Waals surface area contributed by atoms with E-state index in [1.807, 2.05) is 0 Å². The highest BCUT2D eigenvalue weighted by Gasteiger charge is 2.26. The average Bonchev–Trinajstić information content (AvgIpc) is 2.30. The molecule has 0 aliphatic rings. The van der Waals surface area contributed by atoms with Gasteiger partial charge in [0.1, 0.15) is 0 Å². The van der Waals surface area contributed by atoms with E-state index in [4.69, 9.17) is 0 Å². The summed E-state index contributed by atoms with van der Waals surface area (Å²) in [5.41, 5.74) is -2.06. The third-order valence-corrected chi connectivity index (χ3v) is 2.35. The molecule has 0 fully saturated rings. The third kappa shape index (κ3) is 2.92. The number of rotatable bonds is 4. The van der Waals surface area contributed by atoms with E-state index in [0.29, 0.717) is 4.57 Å². The van der Waals surface area contributed by atoms with Gasteiger partial charge in [-0.05, 0) is 22.9 Å². The van der Waals surface area contributed by atoms with E-state index >= 15 is 0 Å². The molecule has 0 aliphatic heterocycles. The fraction of sp³-hybridized carbons (Fsp3) is 0.333. The molecule has 9 heteroatoms. The second-order valence-electron chi connectivity index (χ2n) is 3.10. The molecule has 1 unspecified atom stereocenters. The summed E-state index contributed by atoms with van der Waals surface area (Å²) in [6, 6.07) is 0.927. The maximum Gasteiger partial charge on any atom is 0.362 e. The predicted octanol–water partition coefficient (Wildman–Crippen LogP) is 1.55. The number of aromatic nitrogens is 1. The van der Waals surface area contributed by atoms with Crippen molar-refractivity contribution in [1.82, 2.24) is 4.57 Å². The smallest absolute Gasteiger partial charge is 0.362 e. The number of alkyl halides is 1. The first-order valence-corrected chi connectivity index (χ1v) is 5.54. The summed E-state index contributed by atoms with van der Waals surface area (Å²) in [6.45, 7) is 1.40. The predicted molar refractivity (Wildman–Crippen MR) is 61.8 cm³/mol. The van der Waals surface area contributed by atoms with Crippen LogP contribution in [0, 0.1) is 10.1 Å². The summed E-state index contributed by atoms with van der Waals surface area (Å²) in [7, 11) is 0. The number of hydrogen-bond donors (Lipinski definition) is 0. The number of esters is 1. The van der Waals surface area contributed by atoms with Crippen LogP contribution in [-0.4, -0.2) is 22.1 Å². The number of hydrogen-bond acceptors (Lipinski definition) is 5. The van der Waals surface area contributed by atoms with Crippen LogP contribution in [0.5, 0.6) is 0 Å². The van der Waals surface area contributed by atoms with Gasteiger partial charge in [0.2, 0.25) is 0 Å². The fourth-order valence-corrected chi connectivity index (χ4v) is 1.61. The van der Waals surface area contributed by atoms with Gasteiger partial charge in [0.05, 0.1) is 11.5 Å². The second kappa shape index (κ2) is 5.71. The molecule has 0 saturated heterocycles. The number of halogens is 2. The summed E-state index contributed by atoms with van der Waals surface area (Å²) >= 11 is 2.89. The Bertz CT molecular complexity index is 544. The van der Waals surface area contributed by atoms with E-state index < -0.39 is 28.4 Å². The van der Waals surface area contributed by atoms with Crippen LogP contribution in [-0.2, 0) is 9.53 Å². The van der Waals surface area contributed by atoms with Crippen molar-refractivity contribution < 1.29 is 18.8 Å². The van der Waals surface area contributed by atoms with Crippen molar-refractivity contribution >= 4 is 27.6 Å². The lowest BCUT2D eigenvalue weighted by Gasteiger charge is -2.10. The maximum absolute atomic E-state index is 13.6. The van der Waals surface area contributed by atoms with Crippen LogP contribution in [0.25, 0.3) is 0 Å². The van der Waals surface area contributed by atoms with Crippen LogP contribution in [0.15, 0.2) is 21.5 Å². The van der Waals surface area contributed by atoms with Crippen molar-refractivity contribution in [3.05, 3.63) is 37.2 Å². The van der Waals surface area contributed by atoms with Gasteiger partial charge in [-0.25, -0.2) is 9.18 Å². The number of ether oxygens (including phenoxy) is 1. The average molecular weight is 323 g/mol. The zero-order valence-electron chi connectivity index (χ0n) is 9.13. The van der Waals surface area contributed by atoms with Crippen molar-refractivity contribution in [2.75, 3.05) is 6.61 Å². The highest BCUT2D eigenvalue weighted by molar-refractivity contribution is 9.10. The summed E-state index contributed by atoms with van der Waals surface area (Å²) in [6.07, 6.45) is -1.48. The Labute approximate surface area is 108 Å². The molecule has 1 atom stereocenters. The number of carbonyl (C=O) groups excluding carboxylic acids is 1. The first-order chi connectivity index (χ1) is 8.38. The van der Waals surface area contributed by atoms with Gasteiger partial charge < -0.3 is 4.74 Å². The standard InChI is InChI=1S/C9H8BrFN2O5/c1-2-18-9(15)7(11)12-4-5(10)3-6(8(12)14)13(16)17/h3-4,7H,2H2,1H3. The van der Waals surface area contributed by atoms with E-state index in [1.165, 1.54) is 6.92 Å². The summed E-state index contributed by atoms with van der Waals surface area (Å²) < 4.78 is 18.4. The first kappa shape index (κ1) is 14.3. The molecule has 0 radical (unpaired) electrons. The highest BCUT2D eigenvalue weighted by atomic mass is 79.9. The molecule has 18 heavy (non-hydrogen) atoms. The Morgan fingerprint density at radius 3 is 2.83 bits per heavy atom. The van der Waals surface area contributed by atoms with Gasteiger partial charge in [-0.2, -0.15) is 0 Å². The van der Waals surface area contributed by atoms with Gasteiger partial charge in [-0.1, -0.05) is 0 Å². The molecule has 0 amide bonds. The molecule has 1 rings (SSSR count). The molecule has 98 valence electrons. The van der Waals surface area contributed by atoms with Crippen LogP contribution in [0.3, 0.4) is 0 Å². The lowest BCUT2D eigenvalue weighted by atomic mass is 10.4. The van der Waals surface area contributed by atoms with Gasteiger partial charge in [0.25, 0.3) is 6.30 Å². The minimum Gasteiger partial charge on any atom is -0.462 e. The third-order valence-electron chi connectivity index (χ3n) is 1.91. The summed E-state index contributed by atoms with van der Waals surface area (Å²) in [5, 5.41) is 10.6. The number of pyridine rings is 1. The molecular weight excluding hydrogens is 315 g/mol. The van der Waals surface area contributed by atoms with Crippen LogP contribution in [0.2, 0.25) is 0 Å². The Hall–Kier alpha value is -1.77. The van der Waals surface area contributed by atoms with Gasteiger partial charge >= 0.3 is 17.2 Å². The number of nitrogens with zero attached hydrogens (tertiary/aromatic N) is 2. The lowest BCUT2D eigenvalue weighted by Crippen LogP contribution is -2.29. The topological polar surface area (TPSA) is 91.4 Å². The Balaban J connectivity index is 3.29. The Morgan fingerprint density at radius 1 is 1.72 bits per heavy atom. The summed E-state index contributed by atoms with van der Waals surface area (Å²) in [5.74, 6) is -1.29. The number of carbonyl (C=O) groups is 1. The second-order valence-corrected chi connectivity index (χ2v) is 4.02. The van der Waals surface area contributed by atoms with Crippen molar-refractivity contribution in [3.8, 4) is 0 Å². The van der Waals surface area contributed by atoms with Gasteiger partial charge in [0, 0.05) is 16.7 Å². The molecule has 0 saturated carbocycles. The molecule has 1 aromatic heterocycles. The van der Waals surface area contributed by atoms with Crippen LogP contribution in [0.4, 0.5) is 10.1 Å². The van der Waals surface area contributed by atoms with Crippen molar-refractivity contribution in [3.63, 3.8) is 0 Å². The molecule has 0 aliphatic carbocycles. The molecule has 1 heterocycles. The Kier molecular flexibility index (Phi) is 4.54. The molecule has 0 N–H and O–H groups in total. The fourth-order valence-electron chi connectivity index (χ4n) is 1.18. The quantitative estimate of drug-likeness (QED) is 0.476. The van der Waals surface area contributed by atoms with E-state index in [2.05, 4.69) is 20.7 Å². The molecule has 0 spiro atoms. The monoisotopic (exact) mass is 322 g/mol. The molecule has 7 nitrogen and oxygen atoms in total. The maximum atomic E-state index is 13.6. The van der Waals surface area contributed by atoms with E-state index in [0.717, 1.165) is 12.3 Å². The summed E-state index contributed by atoms with van der Waals surface area (Å²) in [4.78, 5) is 32.3. The largest absolute Gasteiger partial charge is 0.462 e. The van der Waals surface area contributed by atoms with Crippen molar-refractivity contribution in [2.24, 2.45) is 0 Å². The van der Waals surface area contributed by atoms with Crippen LogP contribution >= 0.6 is 15.9 Å². The van der Waals surface area contributed by atoms with Gasteiger partial charge in [0.15, 0.2) is 0 Å². The minimum atomic E-state index is -2.42. The van der Waals surface area contributed by atoms with E-state index in [1.54, 1.807) is 0 Å². The SMILES string of the molecule is CCOC(=O)C(F)n1cc(Br)cc([N+](=O)[O-])c1=O. The lowest BCUT2D eigenvalue weighted by molar-refractivity contribution is -0.386. The van der Waals surface area contributed by atoms with E-state index in [-0.39, 0.29) is 11.1 Å². The van der Waals surface area contributed by atoms with Crippen molar-refractivity contribution in [2.45, 2.75) is 13.2 Å². The zero-order chi connectivity index (χ0) is 13.9. The normalized spacial score (nSPS) is 11.9. The highest BCUT2D eigenvalue weighted by Crippen LogP contribution is 2.17. The minimum absolute atomic E-state index is 0.0654. The molecule has 0 aromatic carbocycles. The van der Waals surface area contributed by atoms with Crippen molar-refractivity contribution in [1.29, 1.82) is 0 Å². The molecular formula is C9H8BrFN2O5.